The summed E-state index contributed by atoms with van der Waals surface area (Å²) in [5.74, 6) is -0.970. The van der Waals surface area contributed by atoms with Gasteiger partial charge in [0.15, 0.2) is 0 Å². The Kier molecular flexibility index (Phi) is 6.17. The van der Waals surface area contributed by atoms with Gasteiger partial charge in [-0.05, 0) is 48.0 Å². The minimum atomic E-state index is -1.28. The summed E-state index contributed by atoms with van der Waals surface area (Å²) in [5, 5.41) is 9.71. The molecule has 0 saturated carbocycles. The Morgan fingerprint density at radius 2 is 1.69 bits per heavy atom. The number of anilines is 1. The SMILES string of the molecule is N#Cc1ccc(C[C@]23C[C@@H](OC(=O)c4ccccc4)CN2C(=O)N(c2cc(Cl)cc(Cl)c2)C3=O)cc1. The van der Waals surface area contributed by atoms with Crippen molar-refractivity contribution in [1.82, 2.24) is 4.90 Å². The average molecular weight is 520 g/mol. The molecule has 0 N–H and O–H groups in total. The number of ether oxygens (including phenoxy) is 1. The highest BCUT2D eigenvalue weighted by atomic mass is 35.5. The zero-order chi connectivity index (χ0) is 25.4. The summed E-state index contributed by atoms with van der Waals surface area (Å²) in [6.45, 7) is 0.0597. The first kappa shape index (κ1) is 23.9. The van der Waals surface area contributed by atoms with E-state index in [1.165, 1.54) is 23.1 Å². The van der Waals surface area contributed by atoms with E-state index in [4.69, 9.17) is 33.2 Å². The van der Waals surface area contributed by atoms with Crippen molar-refractivity contribution in [3.63, 3.8) is 0 Å². The number of halogens is 2. The Morgan fingerprint density at radius 1 is 1.03 bits per heavy atom. The van der Waals surface area contributed by atoms with E-state index in [2.05, 4.69) is 6.07 Å². The van der Waals surface area contributed by atoms with Gasteiger partial charge in [-0.15, -0.1) is 0 Å². The molecular formula is C27H19Cl2N3O4. The van der Waals surface area contributed by atoms with Crippen molar-refractivity contribution in [2.45, 2.75) is 24.5 Å². The number of carbonyl (C=O) groups is 3. The van der Waals surface area contributed by atoms with Gasteiger partial charge in [-0.1, -0.05) is 53.5 Å². The van der Waals surface area contributed by atoms with Gasteiger partial charge >= 0.3 is 12.0 Å². The second-order valence-electron chi connectivity index (χ2n) is 8.78. The predicted molar refractivity (Wildman–Crippen MR) is 134 cm³/mol. The smallest absolute Gasteiger partial charge is 0.338 e. The molecule has 180 valence electrons. The first-order chi connectivity index (χ1) is 17.3. The van der Waals surface area contributed by atoms with Gasteiger partial charge < -0.3 is 9.64 Å². The number of hydrogen-bond acceptors (Lipinski definition) is 5. The van der Waals surface area contributed by atoms with Gasteiger partial charge in [-0.2, -0.15) is 5.26 Å². The largest absolute Gasteiger partial charge is 0.457 e. The first-order valence-corrected chi connectivity index (χ1v) is 11.9. The maximum Gasteiger partial charge on any atom is 0.338 e. The van der Waals surface area contributed by atoms with Crippen LogP contribution in [0.25, 0.3) is 0 Å². The molecule has 3 aromatic carbocycles. The number of nitrogens with zero attached hydrogens (tertiary/aromatic N) is 3. The third kappa shape index (κ3) is 4.19. The van der Waals surface area contributed by atoms with Crippen molar-refractivity contribution in [3.05, 3.63) is 99.5 Å². The second-order valence-corrected chi connectivity index (χ2v) is 9.65. The van der Waals surface area contributed by atoms with Gasteiger partial charge in [-0.25, -0.2) is 14.5 Å². The van der Waals surface area contributed by atoms with Crippen molar-refractivity contribution in [1.29, 1.82) is 5.26 Å². The number of esters is 1. The van der Waals surface area contributed by atoms with Crippen molar-refractivity contribution in [2.24, 2.45) is 0 Å². The molecule has 0 bridgehead atoms. The number of imide groups is 1. The summed E-state index contributed by atoms with van der Waals surface area (Å²) in [6.07, 6.45) is -0.358. The molecule has 3 amide bonds. The van der Waals surface area contributed by atoms with Crippen LogP contribution in [0.4, 0.5) is 10.5 Å². The molecular weight excluding hydrogens is 501 g/mol. The van der Waals surface area contributed by atoms with Crippen molar-refractivity contribution < 1.29 is 19.1 Å². The molecule has 36 heavy (non-hydrogen) atoms. The Labute approximate surface area is 217 Å². The Morgan fingerprint density at radius 3 is 2.33 bits per heavy atom. The maximum atomic E-state index is 14.0. The van der Waals surface area contributed by atoms with Gasteiger partial charge in [0.25, 0.3) is 5.91 Å². The minimum Gasteiger partial charge on any atom is -0.457 e. The Balaban J connectivity index is 1.49. The maximum absolute atomic E-state index is 14.0. The molecule has 0 aliphatic carbocycles. The van der Waals surface area contributed by atoms with E-state index in [9.17, 15) is 14.4 Å². The molecule has 3 aromatic rings. The third-order valence-electron chi connectivity index (χ3n) is 6.46. The highest BCUT2D eigenvalue weighted by molar-refractivity contribution is 6.35. The number of nitriles is 1. The van der Waals surface area contributed by atoms with Crippen LogP contribution in [-0.4, -0.2) is 41.0 Å². The van der Waals surface area contributed by atoms with Gasteiger partial charge in [0.2, 0.25) is 0 Å². The van der Waals surface area contributed by atoms with Crippen molar-refractivity contribution in [3.8, 4) is 6.07 Å². The van der Waals surface area contributed by atoms with Crippen LogP contribution in [0.2, 0.25) is 10.0 Å². The molecule has 9 heteroatoms. The van der Waals surface area contributed by atoms with Crippen LogP contribution in [0, 0.1) is 11.3 Å². The fraction of sp³-hybridized carbons (Fsp3) is 0.185. The highest BCUT2D eigenvalue weighted by Crippen LogP contribution is 2.44. The highest BCUT2D eigenvalue weighted by Gasteiger charge is 2.63. The van der Waals surface area contributed by atoms with Crippen molar-refractivity contribution >= 4 is 46.8 Å². The van der Waals surface area contributed by atoms with Gasteiger partial charge in [0, 0.05) is 22.9 Å². The molecule has 5 rings (SSSR count). The molecule has 0 aromatic heterocycles. The van der Waals surface area contributed by atoms with Gasteiger partial charge in [0.05, 0.1) is 29.4 Å². The molecule has 2 atom stereocenters. The van der Waals surface area contributed by atoms with E-state index in [0.29, 0.717) is 21.2 Å². The molecule has 0 radical (unpaired) electrons. The lowest BCUT2D eigenvalue weighted by molar-refractivity contribution is -0.124. The van der Waals surface area contributed by atoms with Crippen LogP contribution in [0.3, 0.4) is 0 Å². The number of amides is 3. The van der Waals surface area contributed by atoms with Crippen molar-refractivity contribution in [2.75, 3.05) is 11.4 Å². The van der Waals surface area contributed by atoms with Crippen LogP contribution >= 0.6 is 23.2 Å². The van der Waals surface area contributed by atoms with Crippen LogP contribution in [0.1, 0.15) is 27.9 Å². The predicted octanol–water partition coefficient (Wildman–Crippen LogP) is 5.24. The summed E-state index contributed by atoms with van der Waals surface area (Å²) in [6, 6.07) is 21.4. The minimum absolute atomic E-state index is 0.0597. The van der Waals surface area contributed by atoms with E-state index in [1.807, 2.05) is 0 Å². The summed E-state index contributed by atoms with van der Waals surface area (Å²) < 4.78 is 5.72. The summed E-state index contributed by atoms with van der Waals surface area (Å²) >= 11 is 12.3. The molecule has 2 saturated heterocycles. The molecule has 0 unspecified atom stereocenters. The topological polar surface area (TPSA) is 90.7 Å². The van der Waals surface area contributed by atoms with Crippen LogP contribution in [-0.2, 0) is 16.0 Å². The monoisotopic (exact) mass is 519 g/mol. The lowest BCUT2D eigenvalue weighted by Gasteiger charge is -2.28. The third-order valence-corrected chi connectivity index (χ3v) is 6.90. The summed E-state index contributed by atoms with van der Waals surface area (Å²) in [5.41, 5.74) is 0.633. The molecule has 2 fully saturated rings. The molecule has 7 nitrogen and oxygen atoms in total. The van der Waals surface area contributed by atoms with E-state index in [1.54, 1.807) is 54.6 Å². The number of carbonyl (C=O) groups excluding carboxylic acids is 3. The number of hydrogen-bond donors (Lipinski definition) is 0. The standard InChI is InChI=1S/C27H19Cl2N3O4/c28-20-10-21(29)12-22(11-20)32-25(34)27(13-17-6-8-18(15-30)9-7-17)14-23(16-31(27)26(32)35)36-24(33)19-4-2-1-3-5-19/h1-12,23H,13-14,16H2/t23-,27-/m1/s1. The summed E-state index contributed by atoms with van der Waals surface area (Å²) in [7, 11) is 0. The lowest BCUT2D eigenvalue weighted by atomic mass is 9.87. The number of fused-ring (bicyclic) bond motifs is 1. The van der Waals surface area contributed by atoms with E-state index < -0.39 is 29.6 Å². The van der Waals surface area contributed by atoms with E-state index in [0.717, 1.165) is 10.5 Å². The zero-order valence-electron chi connectivity index (χ0n) is 18.9. The summed E-state index contributed by atoms with van der Waals surface area (Å²) in [4.78, 5) is 42.8. The Bertz CT molecular complexity index is 1380. The molecule has 2 aliphatic heterocycles. The van der Waals surface area contributed by atoms with E-state index >= 15 is 0 Å². The molecule has 0 spiro atoms. The lowest BCUT2D eigenvalue weighted by Crippen LogP contribution is -2.47. The van der Waals surface area contributed by atoms with Crippen LogP contribution in [0.15, 0.2) is 72.8 Å². The second kappa shape index (κ2) is 9.30. The van der Waals surface area contributed by atoms with Gasteiger partial charge in [0.1, 0.15) is 11.6 Å². The fourth-order valence-electron chi connectivity index (χ4n) is 4.86. The number of benzene rings is 3. The fourth-order valence-corrected chi connectivity index (χ4v) is 5.37. The zero-order valence-corrected chi connectivity index (χ0v) is 20.4. The average Bonchev–Trinajstić information content (AvgIpc) is 3.31. The molecule has 2 heterocycles. The normalized spacial score (nSPS) is 20.9. The van der Waals surface area contributed by atoms with Crippen LogP contribution in [0.5, 0.6) is 0 Å². The number of rotatable bonds is 5. The Hall–Kier alpha value is -3.86. The quantitative estimate of drug-likeness (QED) is 0.339. The van der Waals surface area contributed by atoms with Gasteiger partial charge in [-0.3, -0.25) is 4.79 Å². The van der Waals surface area contributed by atoms with Crippen LogP contribution < -0.4 is 4.90 Å². The van der Waals surface area contributed by atoms with E-state index in [-0.39, 0.29) is 25.1 Å². The number of urea groups is 1. The molecule has 2 aliphatic rings. The first-order valence-electron chi connectivity index (χ1n) is 11.2.